The van der Waals surface area contributed by atoms with Gasteiger partial charge >= 0.3 is 5.97 Å². The quantitative estimate of drug-likeness (QED) is 0.623. The highest BCUT2D eigenvalue weighted by Gasteiger charge is 2.50. The number of hydrogen-bond donors (Lipinski definition) is 0. The SMILES string of the molecule is CCOC(=O)C1(Oc2ccc(Br)cc2)CCCCC1=O. The second-order valence-corrected chi connectivity index (χ2v) is 5.65. The van der Waals surface area contributed by atoms with Crippen LogP contribution in [0.1, 0.15) is 32.6 Å². The van der Waals surface area contributed by atoms with Gasteiger partial charge in [0.2, 0.25) is 0 Å². The first kappa shape index (κ1) is 15.0. The highest BCUT2D eigenvalue weighted by Crippen LogP contribution is 2.32. The lowest BCUT2D eigenvalue weighted by Crippen LogP contribution is -2.54. The van der Waals surface area contributed by atoms with Gasteiger partial charge in [-0.3, -0.25) is 4.79 Å². The molecule has 1 aromatic rings. The molecule has 1 atom stereocenters. The van der Waals surface area contributed by atoms with E-state index in [9.17, 15) is 9.59 Å². The molecule has 0 saturated heterocycles. The van der Waals surface area contributed by atoms with Gasteiger partial charge in [-0.2, -0.15) is 0 Å². The molecule has 1 unspecified atom stereocenters. The fourth-order valence-corrected chi connectivity index (χ4v) is 2.58. The molecule has 20 heavy (non-hydrogen) atoms. The molecular formula is C15H17BrO4. The van der Waals surface area contributed by atoms with Crippen molar-refractivity contribution in [2.75, 3.05) is 6.61 Å². The van der Waals surface area contributed by atoms with Crippen molar-refractivity contribution in [3.05, 3.63) is 28.7 Å². The Labute approximate surface area is 126 Å². The van der Waals surface area contributed by atoms with Crippen LogP contribution in [0, 0.1) is 0 Å². The fourth-order valence-electron chi connectivity index (χ4n) is 2.32. The summed E-state index contributed by atoms with van der Waals surface area (Å²) in [4.78, 5) is 24.5. The average molecular weight is 341 g/mol. The van der Waals surface area contributed by atoms with Gasteiger partial charge in [0.05, 0.1) is 6.61 Å². The molecule has 1 saturated carbocycles. The van der Waals surface area contributed by atoms with Crippen molar-refractivity contribution >= 4 is 27.7 Å². The molecule has 1 aliphatic carbocycles. The van der Waals surface area contributed by atoms with E-state index >= 15 is 0 Å². The molecule has 2 rings (SSSR count). The molecule has 1 aromatic carbocycles. The van der Waals surface area contributed by atoms with Crippen molar-refractivity contribution in [1.29, 1.82) is 0 Å². The summed E-state index contributed by atoms with van der Waals surface area (Å²) in [7, 11) is 0. The van der Waals surface area contributed by atoms with Gasteiger partial charge in [-0.1, -0.05) is 15.9 Å². The number of esters is 1. The molecular weight excluding hydrogens is 324 g/mol. The van der Waals surface area contributed by atoms with Gasteiger partial charge in [0, 0.05) is 17.3 Å². The van der Waals surface area contributed by atoms with Crippen molar-refractivity contribution in [2.24, 2.45) is 0 Å². The Hall–Kier alpha value is -1.36. The minimum atomic E-state index is -1.47. The van der Waals surface area contributed by atoms with Crippen molar-refractivity contribution in [2.45, 2.75) is 38.2 Å². The summed E-state index contributed by atoms with van der Waals surface area (Å²) in [5.74, 6) is -0.269. The Balaban J connectivity index is 2.28. The van der Waals surface area contributed by atoms with E-state index in [2.05, 4.69) is 15.9 Å². The number of hydrogen-bond acceptors (Lipinski definition) is 4. The number of carbonyl (C=O) groups excluding carboxylic acids is 2. The van der Waals surface area contributed by atoms with Crippen LogP contribution in [0.15, 0.2) is 28.7 Å². The Morgan fingerprint density at radius 2 is 2.00 bits per heavy atom. The zero-order chi connectivity index (χ0) is 14.6. The second-order valence-electron chi connectivity index (χ2n) is 4.73. The van der Waals surface area contributed by atoms with Gasteiger partial charge in [-0.15, -0.1) is 0 Å². The molecule has 0 heterocycles. The molecule has 0 radical (unpaired) electrons. The smallest absolute Gasteiger partial charge is 0.358 e. The summed E-state index contributed by atoms with van der Waals surface area (Å²) in [6.07, 6.45) is 2.31. The highest BCUT2D eigenvalue weighted by atomic mass is 79.9. The molecule has 108 valence electrons. The van der Waals surface area contributed by atoms with Crippen LogP contribution in [-0.4, -0.2) is 24.0 Å². The van der Waals surface area contributed by atoms with E-state index in [-0.39, 0.29) is 12.4 Å². The van der Waals surface area contributed by atoms with Crippen LogP contribution in [-0.2, 0) is 14.3 Å². The van der Waals surface area contributed by atoms with E-state index in [1.165, 1.54) is 0 Å². The third-order valence-corrected chi connectivity index (χ3v) is 3.87. The summed E-state index contributed by atoms with van der Waals surface area (Å²) >= 11 is 3.34. The summed E-state index contributed by atoms with van der Waals surface area (Å²) in [6, 6.07) is 7.07. The maximum atomic E-state index is 12.3. The van der Waals surface area contributed by atoms with E-state index in [1.807, 2.05) is 12.1 Å². The minimum absolute atomic E-state index is 0.190. The first-order chi connectivity index (χ1) is 9.58. The van der Waals surface area contributed by atoms with Crippen LogP contribution in [0.5, 0.6) is 5.75 Å². The standard InChI is InChI=1S/C15H17BrO4/c1-2-19-14(18)15(10-4-3-5-13(15)17)20-12-8-6-11(16)7-9-12/h6-9H,2-5,10H2,1H3. The molecule has 4 nitrogen and oxygen atoms in total. The van der Waals surface area contributed by atoms with Crippen molar-refractivity contribution in [3.63, 3.8) is 0 Å². The van der Waals surface area contributed by atoms with Gasteiger partial charge < -0.3 is 9.47 Å². The predicted octanol–water partition coefficient (Wildman–Crippen LogP) is 3.27. The molecule has 5 heteroatoms. The van der Waals surface area contributed by atoms with E-state index < -0.39 is 11.6 Å². The number of halogens is 1. The molecule has 0 bridgehead atoms. The van der Waals surface area contributed by atoms with Crippen LogP contribution >= 0.6 is 15.9 Å². The van der Waals surface area contributed by atoms with Gasteiger partial charge in [0.25, 0.3) is 5.60 Å². The summed E-state index contributed by atoms with van der Waals surface area (Å²) < 4.78 is 11.7. The first-order valence-corrected chi connectivity index (χ1v) is 7.53. The molecule has 0 amide bonds. The monoisotopic (exact) mass is 340 g/mol. The Kier molecular flexibility index (Phi) is 4.81. The number of ketones is 1. The third kappa shape index (κ3) is 3.03. The fraction of sp³-hybridized carbons (Fsp3) is 0.467. The molecule has 0 N–H and O–H groups in total. The topological polar surface area (TPSA) is 52.6 Å². The van der Waals surface area contributed by atoms with Crippen LogP contribution in [0.2, 0.25) is 0 Å². The predicted molar refractivity (Wildman–Crippen MR) is 77.6 cm³/mol. The zero-order valence-corrected chi connectivity index (χ0v) is 12.9. The lowest BCUT2D eigenvalue weighted by molar-refractivity contribution is -0.169. The van der Waals surface area contributed by atoms with E-state index in [1.54, 1.807) is 19.1 Å². The van der Waals surface area contributed by atoms with Gasteiger partial charge in [0.15, 0.2) is 5.78 Å². The number of Topliss-reactive ketones (excluding diaryl/α,β-unsaturated/α-hetero) is 1. The van der Waals surface area contributed by atoms with E-state index in [0.717, 1.165) is 17.3 Å². The van der Waals surface area contributed by atoms with Gasteiger partial charge in [-0.25, -0.2) is 4.79 Å². The lowest BCUT2D eigenvalue weighted by atomic mass is 9.83. The van der Waals surface area contributed by atoms with E-state index in [0.29, 0.717) is 18.6 Å². The maximum Gasteiger partial charge on any atom is 0.358 e. The van der Waals surface area contributed by atoms with Crippen LogP contribution < -0.4 is 4.74 Å². The molecule has 0 aliphatic heterocycles. The summed E-state index contributed by atoms with van der Waals surface area (Å²) in [5, 5.41) is 0. The van der Waals surface area contributed by atoms with Gasteiger partial charge in [-0.05, 0) is 44.0 Å². The number of carbonyl (C=O) groups is 2. The summed E-state index contributed by atoms with van der Waals surface area (Å²) in [5.41, 5.74) is -1.47. The second kappa shape index (κ2) is 6.39. The van der Waals surface area contributed by atoms with Crippen LogP contribution in [0.3, 0.4) is 0 Å². The summed E-state index contributed by atoms with van der Waals surface area (Å²) in [6.45, 7) is 1.95. The highest BCUT2D eigenvalue weighted by molar-refractivity contribution is 9.10. The molecule has 1 fully saturated rings. The zero-order valence-electron chi connectivity index (χ0n) is 11.4. The lowest BCUT2D eigenvalue weighted by Gasteiger charge is -2.33. The Bertz CT molecular complexity index is 497. The molecule has 0 spiro atoms. The minimum Gasteiger partial charge on any atom is -0.468 e. The molecule has 0 aromatic heterocycles. The number of ether oxygens (including phenoxy) is 2. The van der Waals surface area contributed by atoms with Crippen molar-refractivity contribution < 1.29 is 19.1 Å². The van der Waals surface area contributed by atoms with E-state index in [4.69, 9.17) is 9.47 Å². The largest absolute Gasteiger partial charge is 0.468 e. The van der Waals surface area contributed by atoms with Crippen molar-refractivity contribution in [1.82, 2.24) is 0 Å². The Morgan fingerprint density at radius 3 is 2.60 bits per heavy atom. The third-order valence-electron chi connectivity index (χ3n) is 3.34. The van der Waals surface area contributed by atoms with Crippen LogP contribution in [0.4, 0.5) is 0 Å². The number of benzene rings is 1. The number of rotatable bonds is 4. The van der Waals surface area contributed by atoms with Crippen LogP contribution in [0.25, 0.3) is 0 Å². The van der Waals surface area contributed by atoms with Gasteiger partial charge in [0.1, 0.15) is 5.75 Å². The Morgan fingerprint density at radius 1 is 1.30 bits per heavy atom. The normalized spacial score (nSPS) is 22.4. The molecule has 1 aliphatic rings. The van der Waals surface area contributed by atoms with Crippen molar-refractivity contribution in [3.8, 4) is 5.75 Å². The maximum absolute atomic E-state index is 12.3. The first-order valence-electron chi connectivity index (χ1n) is 6.73. The average Bonchev–Trinajstić information content (AvgIpc) is 2.44.